The van der Waals surface area contributed by atoms with Gasteiger partial charge in [-0.05, 0) is 6.42 Å². The zero-order chi connectivity index (χ0) is 11.3. The molecule has 1 aromatic heterocycles. The molecule has 0 saturated carbocycles. The first-order valence-electron chi connectivity index (χ1n) is 4.37. The fourth-order valence-electron chi connectivity index (χ4n) is 1.02. The number of aromatic nitrogens is 1. The van der Waals surface area contributed by atoms with Crippen LogP contribution in [0.3, 0.4) is 0 Å². The quantitative estimate of drug-likeness (QED) is 0.280. The van der Waals surface area contributed by atoms with Crippen molar-refractivity contribution in [3.05, 3.63) is 18.0 Å². The lowest BCUT2D eigenvalue weighted by atomic mass is 10.2. The minimum absolute atomic E-state index is 0.0469. The van der Waals surface area contributed by atoms with Gasteiger partial charge in [0.2, 0.25) is 0 Å². The van der Waals surface area contributed by atoms with Crippen molar-refractivity contribution in [3.8, 4) is 0 Å². The molecular formula is C8H12N4O3. The predicted octanol–water partition coefficient (Wildman–Crippen LogP) is -0.0706. The number of nitrogens with one attached hydrogen (secondary N) is 1. The zero-order valence-corrected chi connectivity index (χ0v) is 8.17. The van der Waals surface area contributed by atoms with Crippen molar-refractivity contribution in [2.24, 2.45) is 10.9 Å². The Labute approximate surface area is 85.9 Å². The first-order valence-corrected chi connectivity index (χ1v) is 4.37. The molecule has 0 aliphatic heterocycles. The van der Waals surface area contributed by atoms with Gasteiger partial charge in [-0.15, -0.1) is 0 Å². The van der Waals surface area contributed by atoms with Crippen LogP contribution in [0, 0.1) is 0 Å². The predicted molar refractivity (Wildman–Crippen MR) is 51.5 cm³/mol. The minimum Gasteiger partial charge on any atom is -0.409 e. The fourth-order valence-corrected chi connectivity index (χ4v) is 1.02. The average Bonchev–Trinajstić information content (AvgIpc) is 2.77. The van der Waals surface area contributed by atoms with Crippen LogP contribution in [0.5, 0.6) is 0 Å². The minimum atomic E-state index is -0.515. The number of carbonyl (C=O) groups excluding carboxylic acids is 1. The molecule has 1 heterocycles. The van der Waals surface area contributed by atoms with Crippen LogP contribution in [0.1, 0.15) is 23.8 Å². The summed E-state index contributed by atoms with van der Waals surface area (Å²) in [4.78, 5) is 11.5. The van der Waals surface area contributed by atoms with Gasteiger partial charge in [-0.3, -0.25) is 4.79 Å². The van der Waals surface area contributed by atoms with Crippen molar-refractivity contribution in [2.45, 2.75) is 19.4 Å². The number of amidine groups is 1. The molecular weight excluding hydrogens is 200 g/mol. The molecule has 0 bridgehead atoms. The summed E-state index contributed by atoms with van der Waals surface area (Å²) >= 11 is 0. The summed E-state index contributed by atoms with van der Waals surface area (Å²) in [5.41, 5.74) is 5.52. The summed E-state index contributed by atoms with van der Waals surface area (Å²) in [6, 6.07) is 0.910. The summed E-state index contributed by atoms with van der Waals surface area (Å²) in [5, 5.41) is 17.3. The molecule has 7 heteroatoms. The molecule has 0 radical (unpaired) electrons. The van der Waals surface area contributed by atoms with E-state index in [9.17, 15) is 4.79 Å². The lowest BCUT2D eigenvalue weighted by Crippen LogP contribution is -2.44. The van der Waals surface area contributed by atoms with Crippen LogP contribution in [0.25, 0.3) is 0 Å². The smallest absolute Gasteiger partial charge is 0.274 e. The van der Waals surface area contributed by atoms with Crippen LogP contribution in [0.15, 0.2) is 22.0 Å². The van der Waals surface area contributed by atoms with E-state index in [1.165, 1.54) is 12.3 Å². The second kappa shape index (κ2) is 4.99. The summed E-state index contributed by atoms with van der Waals surface area (Å²) in [6.07, 6.45) is 1.80. The summed E-state index contributed by atoms with van der Waals surface area (Å²) in [6.45, 7) is 1.80. The number of amides is 1. The molecule has 1 rings (SSSR count). The van der Waals surface area contributed by atoms with Crippen LogP contribution < -0.4 is 11.1 Å². The van der Waals surface area contributed by atoms with Crippen molar-refractivity contribution in [2.75, 3.05) is 0 Å². The van der Waals surface area contributed by atoms with Gasteiger partial charge in [0.1, 0.15) is 6.26 Å². The highest BCUT2D eigenvalue weighted by atomic mass is 16.5. The number of hydrogen-bond acceptors (Lipinski definition) is 5. The third-order valence-electron chi connectivity index (χ3n) is 1.86. The Morgan fingerprint density at radius 3 is 3.07 bits per heavy atom. The van der Waals surface area contributed by atoms with E-state index in [-0.39, 0.29) is 11.5 Å². The van der Waals surface area contributed by atoms with E-state index in [1.54, 1.807) is 6.92 Å². The van der Waals surface area contributed by atoms with Gasteiger partial charge >= 0.3 is 0 Å². The maximum Gasteiger partial charge on any atom is 0.274 e. The molecule has 0 spiro atoms. The maximum absolute atomic E-state index is 11.5. The highest BCUT2D eigenvalue weighted by Gasteiger charge is 2.17. The van der Waals surface area contributed by atoms with Crippen LogP contribution in [-0.2, 0) is 0 Å². The van der Waals surface area contributed by atoms with Crippen LogP contribution >= 0.6 is 0 Å². The molecule has 0 aliphatic rings. The van der Waals surface area contributed by atoms with Crippen LogP contribution in [-0.4, -0.2) is 28.1 Å². The fraction of sp³-hybridized carbons (Fsp3) is 0.375. The molecule has 1 aromatic rings. The molecule has 1 unspecified atom stereocenters. The first kappa shape index (κ1) is 11.0. The molecule has 0 aromatic carbocycles. The lowest BCUT2D eigenvalue weighted by Gasteiger charge is -2.13. The molecule has 82 valence electrons. The molecule has 1 atom stereocenters. The monoisotopic (exact) mass is 212 g/mol. The van der Waals surface area contributed by atoms with Gasteiger partial charge in [-0.25, -0.2) is 0 Å². The number of carbonyl (C=O) groups is 1. The highest BCUT2D eigenvalue weighted by molar-refractivity contribution is 5.96. The van der Waals surface area contributed by atoms with Gasteiger partial charge in [-0.1, -0.05) is 17.2 Å². The highest BCUT2D eigenvalue weighted by Crippen LogP contribution is 1.97. The van der Waals surface area contributed by atoms with Crippen molar-refractivity contribution < 1.29 is 14.5 Å². The molecule has 15 heavy (non-hydrogen) atoms. The third-order valence-corrected chi connectivity index (χ3v) is 1.86. The van der Waals surface area contributed by atoms with Gasteiger partial charge < -0.3 is 20.8 Å². The van der Waals surface area contributed by atoms with Crippen molar-refractivity contribution >= 4 is 11.7 Å². The maximum atomic E-state index is 11.5. The SMILES string of the molecule is CCC(NC(=O)c1ccon1)C(N)=NO. The topological polar surface area (TPSA) is 114 Å². The third kappa shape index (κ3) is 2.70. The summed E-state index contributed by atoms with van der Waals surface area (Å²) in [5.74, 6) is -0.475. The number of hydrogen-bond donors (Lipinski definition) is 3. The largest absolute Gasteiger partial charge is 0.409 e. The van der Waals surface area contributed by atoms with E-state index in [1.807, 2.05) is 0 Å². The Balaban J connectivity index is 2.64. The number of oxime groups is 1. The van der Waals surface area contributed by atoms with Gasteiger partial charge in [0.15, 0.2) is 11.5 Å². The van der Waals surface area contributed by atoms with Crippen molar-refractivity contribution in [3.63, 3.8) is 0 Å². The van der Waals surface area contributed by atoms with Crippen LogP contribution in [0.2, 0.25) is 0 Å². The number of nitrogens with zero attached hydrogens (tertiary/aromatic N) is 2. The van der Waals surface area contributed by atoms with E-state index < -0.39 is 11.9 Å². The second-order valence-corrected chi connectivity index (χ2v) is 2.84. The van der Waals surface area contributed by atoms with Gasteiger partial charge in [-0.2, -0.15) is 0 Å². The molecule has 0 saturated heterocycles. The summed E-state index contributed by atoms with van der Waals surface area (Å²) in [7, 11) is 0. The zero-order valence-electron chi connectivity index (χ0n) is 8.17. The Bertz CT molecular complexity index is 347. The lowest BCUT2D eigenvalue weighted by molar-refractivity contribution is 0.0936. The summed E-state index contributed by atoms with van der Waals surface area (Å²) < 4.78 is 4.52. The van der Waals surface area contributed by atoms with E-state index in [0.717, 1.165) is 0 Å². The van der Waals surface area contributed by atoms with Gasteiger partial charge in [0.25, 0.3) is 5.91 Å². The van der Waals surface area contributed by atoms with Gasteiger partial charge in [0, 0.05) is 6.07 Å². The first-order chi connectivity index (χ1) is 7.19. The molecule has 4 N–H and O–H groups in total. The van der Waals surface area contributed by atoms with E-state index in [2.05, 4.69) is 20.2 Å². The number of rotatable bonds is 4. The van der Waals surface area contributed by atoms with Crippen molar-refractivity contribution in [1.29, 1.82) is 0 Å². The molecule has 7 nitrogen and oxygen atoms in total. The van der Waals surface area contributed by atoms with Gasteiger partial charge in [0.05, 0.1) is 6.04 Å². The normalized spacial score (nSPS) is 13.5. The second-order valence-electron chi connectivity index (χ2n) is 2.84. The molecule has 0 fully saturated rings. The Morgan fingerprint density at radius 1 is 1.87 bits per heavy atom. The van der Waals surface area contributed by atoms with E-state index >= 15 is 0 Å². The van der Waals surface area contributed by atoms with Crippen molar-refractivity contribution in [1.82, 2.24) is 10.5 Å². The molecule has 1 amide bonds. The average molecular weight is 212 g/mol. The van der Waals surface area contributed by atoms with E-state index in [4.69, 9.17) is 10.9 Å². The Morgan fingerprint density at radius 2 is 2.60 bits per heavy atom. The Kier molecular flexibility index (Phi) is 3.67. The standard InChI is InChI=1S/C8H12N4O3/c1-2-5(7(9)11-14)10-8(13)6-3-4-15-12-6/h3-5,14H,2H2,1H3,(H2,9,11)(H,10,13). The van der Waals surface area contributed by atoms with Crippen LogP contribution in [0.4, 0.5) is 0 Å². The molecule has 0 aliphatic carbocycles. The Hall–Kier alpha value is -2.05. The number of nitrogens with two attached hydrogens (primary N) is 1. The van der Waals surface area contributed by atoms with E-state index in [0.29, 0.717) is 6.42 Å².